The second-order valence-corrected chi connectivity index (χ2v) is 6.87. The van der Waals surface area contributed by atoms with E-state index in [0.29, 0.717) is 30.3 Å². The summed E-state index contributed by atoms with van der Waals surface area (Å²) in [6, 6.07) is 0. The van der Waals surface area contributed by atoms with Crippen molar-refractivity contribution in [2.24, 2.45) is 11.8 Å². The first-order valence-electron chi connectivity index (χ1n) is 6.86. The fourth-order valence-electron chi connectivity index (χ4n) is 2.51. The van der Waals surface area contributed by atoms with E-state index in [2.05, 4.69) is 4.98 Å². The Balaban J connectivity index is 2.12. The van der Waals surface area contributed by atoms with Crippen LogP contribution in [0.5, 0.6) is 0 Å². The number of amides is 1. The number of carboxylic acids is 1. The predicted octanol–water partition coefficient (Wildman–Crippen LogP) is 2.45. The lowest BCUT2D eigenvalue weighted by molar-refractivity contribution is -0.143. The van der Waals surface area contributed by atoms with Crippen molar-refractivity contribution >= 4 is 23.2 Å². The van der Waals surface area contributed by atoms with Gasteiger partial charge in [0.15, 0.2) is 0 Å². The molecule has 1 aromatic heterocycles. The van der Waals surface area contributed by atoms with Crippen molar-refractivity contribution < 1.29 is 14.7 Å². The highest BCUT2D eigenvalue weighted by Gasteiger charge is 2.32. The summed E-state index contributed by atoms with van der Waals surface area (Å²) in [7, 11) is 0. The van der Waals surface area contributed by atoms with Gasteiger partial charge >= 0.3 is 5.97 Å². The molecule has 5 nitrogen and oxygen atoms in total. The molecule has 2 rings (SSSR count). The predicted molar refractivity (Wildman–Crippen MR) is 77.0 cm³/mol. The average Bonchev–Trinajstić information content (AvgIpc) is 2.86. The molecule has 1 fully saturated rings. The van der Waals surface area contributed by atoms with Crippen molar-refractivity contribution in [3.05, 3.63) is 16.1 Å². The number of carboxylic acid groups (broad SMARTS) is 1. The maximum Gasteiger partial charge on any atom is 0.308 e. The van der Waals surface area contributed by atoms with E-state index < -0.39 is 11.9 Å². The number of nitrogens with zero attached hydrogens (tertiary/aromatic N) is 2. The highest BCUT2D eigenvalue weighted by molar-refractivity contribution is 7.13. The van der Waals surface area contributed by atoms with Gasteiger partial charge in [0.2, 0.25) is 0 Å². The van der Waals surface area contributed by atoms with E-state index in [-0.39, 0.29) is 11.8 Å². The monoisotopic (exact) mass is 296 g/mol. The van der Waals surface area contributed by atoms with E-state index in [0.717, 1.165) is 5.01 Å². The fourth-order valence-corrected chi connectivity index (χ4v) is 3.39. The topological polar surface area (TPSA) is 70.5 Å². The molecule has 1 aliphatic heterocycles. The Labute approximate surface area is 122 Å². The molecule has 0 aliphatic carbocycles. The number of piperidine rings is 1. The van der Waals surface area contributed by atoms with Gasteiger partial charge < -0.3 is 10.0 Å². The molecule has 6 heteroatoms. The molecule has 110 valence electrons. The highest BCUT2D eigenvalue weighted by Crippen LogP contribution is 2.26. The second kappa shape index (κ2) is 5.91. The summed E-state index contributed by atoms with van der Waals surface area (Å²) in [6.45, 7) is 6.99. The molecule has 0 bridgehead atoms. The first-order valence-corrected chi connectivity index (χ1v) is 7.68. The van der Waals surface area contributed by atoms with E-state index in [1.165, 1.54) is 11.3 Å². The smallest absolute Gasteiger partial charge is 0.308 e. The highest BCUT2D eigenvalue weighted by atomic mass is 32.1. The SMILES string of the molecule is CC1CC(C(=O)O)CN(C(=O)c2cnc(C(C)C)s2)C1. The largest absolute Gasteiger partial charge is 0.481 e. The number of rotatable bonds is 3. The van der Waals surface area contributed by atoms with Crippen LogP contribution in [0.1, 0.15) is 47.8 Å². The average molecular weight is 296 g/mol. The zero-order valence-corrected chi connectivity index (χ0v) is 12.8. The maximum absolute atomic E-state index is 12.5. The molecule has 1 amide bonds. The minimum Gasteiger partial charge on any atom is -0.481 e. The number of thiazole rings is 1. The van der Waals surface area contributed by atoms with Crippen molar-refractivity contribution in [3.63, 3.8) is 0 Å². The zero-order chi connectivity index (χ0) is 14.9. The van der Waals surface area contributed by atoms with Gasteiger partial charge in [-0.25, -0.2) is 4.98 Å². The van der Waals surface area contributed by atoms with Crippen LogP contribution in [0.25, 0.3) is 0 Å². The molecule has 0 spiro atoms. The van der Waals surface area contributed by atoms with Crippen molar-refractivity contribution in [3.8, 4) is 0 Å². The van der Waals surface area contributed by atoms with Crippen molar-refractivity contribution in [1.82, 2.24) is 9.88 Å². The molecule has 1 N–H and O–H groups in total. The number of aliphatic carboxylic acids is 1. The standard InChI is InChI=1S/C14H20N2O3S/c1-8(2)12-15-5-11(20-12)13(17)16-6-9(3)4-10(7-16)14(18)19/h5,8-10H,4,6-7H2,1-3H3,(H,18,19). The van der Waals surface area contributed by atoms with Gasteiger partial charge in [0.1, 0.15) is 4.88 Å². The molecule has 0 saturated carbocycles. The number of hydrogen-bond acceptors (Lipinski definition) is 4. The molecule has 20 heavy (non-hydrogen) atoms. The van der Waals surface area contributed by atoms with Gasteiger partial charge in [0, 0.05) is 19.0 Å². The van der Waals surface area contributed by atoms with Crippen LogP contribution in [0.4, 0.5) is 0 Å². The molecule has 1 saturated heterocycles. The van der Waals surface area contributed by atoms with Crippen molar-refractivity contribution in [2.75, 3.05) is 13.1 Å². The third kappa shape index (κ3) is 3.17. The Morgan fingerprint density at radius 2 is 2.15 bits per heavy atom. The van der Waals surface area contributed by atoms with Gasteiger partial charge in [-0.15, -0.1) is 11.3 Å². The number of hydrogen-bond donors (Lipinski definition) is 1. The van der Waals surface area contributed by atoms with E-state index in [9.17, 15) is 9.59 Å². The molecular weight excluding hydrogens is 276 g/mol. The summed E-state index contributed by atoms with van der Waals surface area (Å²) in [5.74, 6) is -0.853. The Hall–Kier alpha value is -1.43. The van der Waals surface area contributed by atoms with Gasteiger partial charge in [-0.3, -0.25) is 9.59 Å². The van der Waals surface area contributed by atoms with Crippen LogP contribution in [0.2, 0.25) is 0 Å². The van der Waals surface area contributed by atoms with Crippen molar-refractivity contribution in [1.29, 1.82) is 0 Å². The first-order chi connectivity index (χ1) is 9.38. The number of likely N-dealkylation sites (tertiary alicyclic amines) is 1. The Morgan fingerprint density at radius 3 is 2.70 bits per heavy atom. The molecule has 1 aliphatic rings. The fraction of sp³-hybridized carbons (Fsp3) is 0.643. The van der Waals surface area contributed by atoms with E-state index in [4.69, 9.17) is 5.11 Å². The lowest BCUT2D eigenvalue weighted by Crippen LogP contribution is -2.45. The van der Waals surface area contributed by atoms with Crippen LogP contribution in [-0.2, 0) is 4.79 Å². The van der Waals surface area contributed by atoms with Gasteiger partial charge in [0.05, 0.1) is 17.1 Å². The van der Waals surface area contributed by atoms with Crippen LogP contribution in [0.15, 0.2) is 6.20 Å². The number of carbonyl (C=O) groups is 2. The lowest BCUT2D eigenvalue weighted by Gasteiger charge is -2.34. The maximum atomic E-state index is 12.5. The molecule has 2 unspecified atom stereocenters. The zero-order valence-electron chi connectivity index (χ0n) is 12.0. The Bertz CT molecular complexity index is 512. The van der Waals surface area contributed by atoms with E-state index in [1.54, 1.807) is 11.1 Å². The normalized spacial score (nSPS) is 23.1. The van der Waals surface area contributed by atoms with Crippen LogP contribution >= 0.6 is 11.3 Å². The summed E-state index contributed by atoms with van der Waals surface area (Å²) in [5.41, 5.74) is 0. The minimum absolute atomic E-state index is 0.0906. The molecule has 1 aromatic rings. The molecule has 2 heterocycles. The van der Waals surface area contributed by atoms with Crippen LogP contribution < -0.4 is 0 Å². The lowest BCUT2D eigenvalue weighted by atomic mass is 9.90. The molecule has 0 radical (unpaired) electrons. The van der Waals surface area contributed by atoms with E-state index >= 15 is 0 Å². The Morgan fingerprint density at radius 1 is 1.45 bits per heavy atom. The summed E-state index contributed by atoms with van der Waals surface area (Å²) in [5, 5.41) is 10.1. The first kappa shape index (κ1) is 15.0. The van der Waals surface area contributed by atoms with Gasteiger partial charge in [-0.05, 0) is 12.3 Å². The van der Waals surface area contributed by atoms with Crippen LogP contribution in [0, 0.1) is 11.8 Å². The number of carbonyl (C=O) groups excluding carboxylic acids is 1. The number of aromatic nitrogens is 1. The summed E-state index contributed by atoms with van der Waals surface area (Å²) < 4.78 is 0. The van der Waals surface area contributed by atoms with Crippen LogP contribution in [-0.4, -0.2) is 40.0 Å². The quantitative estimate of drug-likeness (QED) is 0.930. The van der Waals surface area contributed by atoms with E-state index in [1.807, 2.05) is 20.8 Å². The summed E-state index contributed by atoms with van der Waals surface area (Å²) in [4.78, 5) is 30.1. The summed E-state index contributed by atoms with van der Waals surface area (Å²) >= 11 is 1.40. The second-order valence-electron chi connectivity index (χ2n) is 5.80. The summed E-state index contributed by atoms with van der Waals surface area (Å²) in [6.07, 6.45) is 2.25. The van der Waals surface area contributed by atoms with Crippen LogP contribution in [0.3, 0.4) is 0 Å². The molecule has 0 aromatic carbocycles. The van der Waals surface area contributed by atoms with Gasteiger partial charge in [-0.2, -0.15) is 0 Å². The third-order valence-electron chi connectivity index (χ3n) is 3.52. The van der Waals surface area contributed by atoms with Gasteiger partial charge in [0.25, 0.3) is 5.91 Å². The van der Waals surface area contributed by atoms with Gasteiger partial charge in [-0.1, -0.05) is 20.8 Å². The van der Waals surface area contributed by atoms with Crippen molar-refractivity contribution in [2.45, 2.75) is 33.1 Å². The minimum atomic E-state index is -0.818. The molecular formula is C14H20N2O3S. The molecule has 2 atom stereocenters. The Kier molecular flexibility index (Phi) is 4.42. The third-order valence-corrected chi connectivity index (χ3v) is 4.81.